The molecule has 160 valence electrons. The minimum Gasteiger partial charge on any atom is -0.451 e. The van der Waals surface area contributed by atoms with Crippen LogP contribution in [0.1, 0.15) is 29.8 Å². The van der Waals surface area contributed by atoms with Gasteiger partial charge in [0, 0.05) is 18.7 Å². The van der Waals surface area contributed by atoms with Gasteiger partial charge in [0.15, 0.2) is 10.9 Å². The third kappa shape index (κ3) is 5.03. The molecule has 0 aliphatic carbocycles. The van der Waals surface area contributed by atoms with Crippen LogP contribution in [0.2, 0.25) is 10.0 Å². The average Bonchev–Trinajstić information content (AvgIpc) is 3.27. The molecule has 4 rings (SSSR count). The van der Waals surface area contributed by atoms with E-state index in [-0.39, 0.29) is 10.9 Å². The van der Waals surface area contributed by atoms with Gasteiger partial charge in [0.1, 0.15) is 5.76 Å². The Morgan fingerprint density at radius 2 is 1.74 bits per heavy atom. The summed E-state index contributed by atoms with van der Waals surface area (Å²) in [6, 6.07) is 16.4. The number of piperidine rings is 1. The van der Waals surface area contributed by atoms with Crippen LogP contribution in [-0.4, -0.2) is 24.1 Å². The number of thiocarbonyl (C=S) groups is 1. The van der Waals surface area contributed by atoms with Gasteiger partial charge in [0.2, 0.25) is 0 Å². The van der Waals surface area contributed by atoms with Crippen molar-refractivity contribution in [3.05, 3.63) is 70.4 Å². The van der Waals surface area contributed by atoms with Gasteiger partial charge in [-0.1, -0.05) is 41.4 Å². The third-order valence-corrected chi connectivity index (χ3v) is 6.15. The van der Waals surface area contributed by atoms with E-state index >= 15 is 0 Å². The molecular formula is C23H21Cl2N3O2S. The SMILES string of the molecule is O=C(NC(=S)Nc1ccccc1N1CCCCC1)c1ccc(-c2cccc(Cl)c2Cl)o1. The number of anilines is 2. The van der Waals surface area contributed by atoms with Gasteiger partial charge in [-0.05, 0) is 67.9 Å². The maximum atomic E-state index is 12.6. The fourth-order valence-electron chi connectivity index (χ4n) is 3.61. The van der Waals surface area contributed by atoms with Crippen molar-refractivity contribution in [1.82, 2.24) is 5.32 Å². The summed E-state index contributed by atoms with van der Waals surface area (Å²) >= 11 is 17.7. The highest BCUT2D eigenvalue weighted by Gasteiger charge is 2.18. The van der Waals surface area contributed by atoms with Gasteiger partial charge in [0.05, 0.1) is 21.4 Å². The Morgan fingerprint density at radius 1 is 0.968 bits per heavy atom. The van der Waals surface area contributed by atoms with Crippen LogP contribution < -0.4 is 15.5 Å². The molecule has 3 aromatic rings. The van der Waals surface area contributed by atoms with E-state index in [9.17, 15) is 4.79 Å². The van der Waals surface area contributed by atoms with Gasteiger partial charge < -0.3 is 14.6 Å². The minimum absolute atomic E-state index is 0.125. The first kappa shape index (κ1) is 21.7. The van der Waals surface area contributed by atoms with Crippen molar-refractivity contribution >= 4 is 57.8 Å². The highest BCUT2D eigenvalue weighted by molar-refractivity contribution is 7.80. The topological polar surface area (TPSA) is 57.5 Å². The lowest BCUT2D eigenvalue weighted by Gasteiger charge is -2.30. The molecular weight excluding hydrogens is 453 g/mol. The maximum absolute atomic E-state index is 12.6. The number of para-hydroxylation sites is 2. The van der Waals surface area contributed by atoms with Crippen LogP contribution in [0.3, 0.4) is 0 Å². The Kier molecular flexibility index (Phi) is 6.80. The molecule has 0 saturated carbocycles. The molecule has 2 heterocycles. The molecule has 1 aliphatic rings. The smallest absolute Gasteiger partial charge is 0.293 e. The van der Waals surface area contributed by atoms with Gasteiger partial charge in [-0.3, -0.25) is 10.1 Å². The van der Waals surface area contributed by atoms with Crippen molar-refractivity contribution in [3.8, 4) is 11.3 Å². The summed E-state index contributed by atoms with van der Waals surface area (Å²) in [7, 11) is 0. The van der Waals surface area contributed by atoms with Crippen LogP contribution in [0.15, 0.2) is 59.0 Å². The second kappa shape index (κ2) is 9.73. The first-order chi connectivity index (χ1) is 15.0. The predicted molar refractivity (Wildman–Crippen MR) is 130 cm³/mol. The Balaban J connectivity index is 1.44. The van der Waals surface area contributed by atoms with E-state index in [4.69, 9.17) is 39.8 Å². The van der Waals surface area contributed by atoms with Crippen molar-refractivity contribution in [2.75, 3.05) is 23.3 Å². The van der Waals surface area contributed by atoms with E-state index in [1.165, 1.54) is 19.3 Å². The zero-order chi connectivity index (χ0) is 21.8. The monoisotopic (exact) mass is 473 g/mol. The largest absolute Gasteiger partial charge is 0.451 e. The van der Waals surface area contributed by atoms with Crippen molar-refractivity contribution in [3.63, 3.8) is 0 Å². The summed E-state index contributed by atoms with van der Waals surface area (Å²) in [5.74, 6) is 0.129. The highest BCUT2D eigenvalue weighted by Crippen LogP contribution is 2.34. The van der Waals surface area contributed by atoms with Crippen molar-refractivity contribution < 1.29 is 9.21 Å². The van der Waals surface area contributed by atoms with Crippen LogP contribution in [0.4, 0.5) is 11.4 Å². The molecule has 0 unspecified atom stereocenters. The summed E-state index contributed by atoms with van der Waals surface area (Å²) in [6.07, 6.45) is 3.60. The molecule has 31 heavy (non-hydrogen) atoms. The van der Waals surface area contributed by atoms with Crippen LogP contribution >= 0.6 is 35.4 Å². The summed E-state index contributed by atoms with van der Waals surface area (Å²) < 4.78 is 5.69. The van der Waals surface area contributed by atoms with Gasteiger partial charge in [-0.2, -0.15) is 0 Å². The molecule has 2 aromatic carbocycles. The number of hydrogen-bond acceptors (Lipinski definition) is 4. The molecule has 0 radical (unpaired) electrons. The Labute approximate surface area is 196 Å². The second-order valence-electron chi connectivity index (χ2n) is 7.24. The number of halogens is 2. The number of carbonyl (C=O) groups excluding carboxylic acids is 1. The van der Waals surface area contributed by atoms with E-state index in [0.29, 0.717) is 21.4 Å². The lowest BCUT2D eigenvalue weighted by molar-refractivity contribution is 0.0951. The number of nitrogens with zero attached hydrogens (tertiary/aromatic N) is 1. The molecule has 2 N–H and O–H groups in total. The van der Waals surface area contributed by atoms with Crippen LogP contribution in [0.25, 0.3) is 11.3 Å². The highest BCUT2D eigenvalue weighted by atomic mass is 35.5. The maximum Gasteiger partial charge on any atom is 0.293 e. The van der Waals surface area contributed by atoms with Crippen LogP contribution in [0, 0.1) is 0 Å². The van der Waals surface area contributed by atoms with Gasteiger partial charge in [-0.15, -0.1) is 0 Å². The molecule has 1 aromatic heterocycles. The number of benzene rings is 2. The molecule has 0 atom stereocenters. The van der Waals surface area contributed by atoms with E-state index < -0.39 is 5.91 Å². The van der Waals surface area contributed by atoms with Gasteiger partial charge in [-0.25, -0.2) is 0 Å². The molecule has 5 nitrogen and oxygen atoms in total. The standard InChI is InChI=1S/C23H21Cl2N3O2S/c24-16-8-6-7-15(21(16)25)19-11-12-20(30-19)22(29)27-23(31)26-17-9-2-3-10-18(17)28-13-4-1-5-14-28/h2-3,6-12H,1,4-5,13-14H2,(H2,26,27,29,31). The Morgan fingerprint density at radius 3 is 2.55 bits per heavy atom. The van der Waals surface area contributed by atoms with E-state index in [1.807, 2.05) is 18.2 Å². The van der Waals surface area contributed by atoms with Crippen molar-refractivity contribution in [2.45, 2.75) is 19.3 Å². The van der Waals surface area contributed by atoms with E-state index in [2.05, 4.69) is 21.6 Å². The lowest BCUT2D eigenvalue weighted by atomic mass is 10.1. The molecule has 1 saturated heterocycles. The molecule has 1 fully saturated rings. The quantitative estimate of drug-likeness (QED) is 0.431. The predicted octanol–water partition coefficient (Wildman–Crippen LogP) is 6.37. The molecule has 0 bridgehead atoms. The van der Waals surface area contributed by atoms with Crippen molar-refractivity contribution in [2.24, 2.45) is 0 Å². The Hall–Kier alpha value is -2.54. The number of amides is 1. The zero-order valence-corrected chi connectivity index (χ0v) is 19.0. The van der Waals surface area contributed by atoms with Crippen LogP contribution in [-0.2, 0) is 0 Å². The second-order valence-corrected chi connectivity index (χ2v) is 8.43. The molecule has 1 amide bonds. The minimum atomic E-state index is -0.447. The first-order valence-electron chi connectivity index (χ1n) is 10.0. The third-order valence-electron chi connectivity index (χ3n) is 5.12. The zero-order valence-electron chi connectivity index (χ0n) is 16.7. The van der Waals surface area contributed by atoms with E-state index in [1.54, 1.807) is 30.3 Å². The Bertz CT molecular complexity index is 1110. The fraction of sp³-hybridized carbons (Fsp3) is 0.217. The molecule has 1 aliphatic heterocycles. The van der Waals surface area contributed by atoms with Crippen LogP contribution in [0.5, 0.6) is 0 Å². The first-order valence-corrected chi connectivity index (χ1v) is 11.2. The fourth-order valence-corrected chi connectivity index (χ4v) is 4.20. The van der Waals surface area contributed by atoms with Gasteiger partial charge >= 0.3 is 0 Å². The number of carbonyl (C=O) groups is 1. The molecule has 0 spiro atoms. The molecule has 8 heteroatoms. The summed E-state index contributed by atoms with van der Waals surface area (Å²) in [6.45, 7) is 2.03. The van der Waals surface area contributed by atoms with Crippen molar-refractivity contribution in [1.29, 1.82) is 0 Å². The number of rotatable bonds is 4. The average molecular weight is 474 g/mol. The lowest BCUT2D eigenvalue weighted by Crippen LogP contribution is -2.35. The summed E-state index contributed by atoms with van der Waals surface area (Å²) in [4.78, 5) is 15.0. The summed E-state index contributed by atoms with van der Waals surface area (Å²) in [5.41, 5.74) is 2.56. The number of furan rings is 1. The number of nitrogens with one attached hydrogen (secondary N) is 2. The van der Waals surface area contributed by atoms with Gasteiger partial charge in [0.25, 0.3) is 5.91 Å². The summed E-state index contributed by atoms with van der Waals surface area (Å²) in [5, 5.41) is 6.81. The van der Waals surface area contributed by atoms with E-state index in [0.717, 1.165) is 24.5 Å². The number of hydrogen-bond donors (Lipinski definition) is 2. The normalized spacial score (nSPS) is 13.7.